The zero-order chi connectivity index (χ0) is 13.5. The molecule has 0 saturated heterocycles. The lowest BCUT2D eigenvalue weighted by Gasteiger charge is -2.17. The third-order valence-corrected chi connectivity index (χ3v) is 4.13. The maximum Gasteiger partial charge on any atom is 0.139 e. The van der Waals surface area contributed by atoms with E-state index in [9.17, 15) is 0 Å². The van der Waals surface area contributed by atoms with E-state index in [0.29, 0.717) is 6.54 Å². The summed E-state index contributed by atoms with van der Waals surface area (Å²) in [4.78, 5) is 9.45. The Morgan fingerprint density at radius 2 is 1.63 bits per heavy atom. The van der Waals surface area contributed by atoms with Crippen molar-refractivity contribution in [2.45, 2.75) is 38.6 Å². The van der Waals surface area contributed by atoms with E-state index < -0.39 is 0 Å². The van der Waals surface area contributed by atoms with E-state index in [1.807, 2.05) is 13.8 Å². The number of aryl methyl sites for hydroxylation is 2. The van der Waals surface area contributed by atoms with Crippen LogP contribution in [-0.4, -0.2) is 9.97 Å². The average molecular weight is 253 g/mol. The van der Waals surface area contributed by atoms with Crippen LogP contribution in [0.25, 0.3) is 0 Å². The van der Waals surface area contributed by atoms with E-state index in [2.05, 4.69) is 30.3 Å². The molecule has 1 saturated carbocycles. The fourth-order valence-electron chi connectivity index (χ4n) is 2.77. The molecule has 1 aromatic carbocycles. The van der Waals surface area contributed by atoms with Gasteiger partial charge < -0.3 is 5.73 Å². The molecule has 2 N–H and O–H groups in total. The Kier molecular flexibility index (Phi) is 2.86. The summed E-state index contributed by atoms with van der Waals surface area (Å²) in [5.74, 6) is 0.964. The number of nitrogens with two attached hydrogens (primary N) is 1. The molecule has 1 aromatic heterocycles. The highest BCUT2D eigenvalue weighted by Crippen LogP contribution is 2.52. The molecule has 2 aromatic rings. The molecule has 0 unspecified atom stereocenters. The smallest absolute Gasteiger partial charge is 0.139 e. The second-order valence-electron chi connectivity index (χ2n) is 5.35. The van der Waals surface area contributed by atoms with Gasteiger partial charge in [0.2, 0.25) is 0 Å². The molecule has 0 bridgehead atoms. The summed E-state index contributed by atoms with van der Waals surface area (Å²) in [7, 11) is 0. The Morgan fingerprint density at radius 3 is 2.11 bits per heavy atom. The van der Waals surface area contributed by atoms with E-state index in [0.717, 1.165) is 35.6 Å². The van der Waals surface area contributed by atoms with Gasteiger partial charge in [-0.2, -0.15) is 0 Å². The first-order chi connectivity index (χ1) is 9.17. The third-order valence-electron chi connectivity index (χ3n) is 4.13. The van der Waals surface area contributed by atoms with Crippen LogP contribution in [0, 0.1) is 13.8 Å². The van der Waals surface area contributed by atoms with Gasteiger partial charge in [0, 0.05) is 23.5 Å². The predicted octanol–water partition coefficient (Wildman–Crippen LogP) is 2.63. The lowest BCUT2D eigenvalue weighted by Crippen LogP contribution is -2.17. The van der Waals surface area contributed by atoms with Crippen LogP contribution < -0.4 is 5.73 Å². The molecule has 0 aliphatic heterocycles. The van der Waals surface area contributed by atoms with Gasteiger partial charge in [0.25, 0.3) is 0 Å². The minimum Gasteiger partial charge on any atom is -0.326 e. The number of benzene rings is 1. The van der Waals surface area contributed by atoms with Gasteiger partial charge in [-0.1, -0.05) is 30.3 Å². The lowest BCUT2D eigenvalue weighted by atomic mass is 9.94. The maximum atomic E-state index is 5.76. The van der Waals surface area contributed by atoms with Crippen LogP contribution >= 0.6 is 0 Å². The van der Waals surface area contributed by atoms with Gasteiger partial charge in [-0.15, -0.1) is 0 Å². The third kappa shape index (κ3) is 1.94. The van der Waals surface area contributed by atoms with Crippen molar-refractivity contribution in [3.8, 4) is 0 Å². The fourth-order valence-corrected chi connectivity index (χ4v) is 2.77. The van der Waals surface area contributed by atoms with Crippen molar-refractivity contribution in [2.75, 3.05) is 0 Å². The first kappa shape index (κ1) is 12.3. The Bertz CT molecular complexity index is 578. The van der Waals surface area contributed by atoms with Crippen LogP contribution in [0.3, 0.4) is 0 Å². The quantitative estimate of drug-likeness (QED) is 0.914. The standard InChI is InChI=1S/C16H19N3/c1-11-14(10-17)12(2)19-15(18-11)16(8-9-16)13-6-4-3-5-7-13/h3-7H,8-10,17H2,1-2H3. The molecule has 1 fully saturated rings. The number of aromatic nitrogens is 2. The SMILES string of the molecule is Cc1nc(C2(c3ccccc3)CC2)nc(C)c1CN. The van der Waals surface area contributed by atoms with Crippen LogP contribution in [-0.2, 0) is 12.0 Å². The van der Waals surface area contributed by atoms with Crippen molar-refractivity contribution in [1.29, 1.82) is 0 Å². The first-order valence-electron chi connectivity index (χ1n) is 6.77. The Morgan fingerprint density at radius 1 is 1.05 bits per heavy atom. The molecule has 19 heavy (non-hydrogen) atoms. The van der Waals surface area contributed by atoms with Crippen molar-refractivity contribution in [3.63, 3.8) is 0 Å². The van der Waals surface area contributed by atoms with Gasteiger partial charge in [0.1, 0.15) is 5.82 Å². The highest BCUT2D eigenvalue weighted by atomic mass is 14.9. The lowest BCUT2D eigenvalue weighted by molar-refractivity contribution is 0.729. The summed E-state index contributed by atoms with van der Waals surface area (Å²) >= 11 is 0. The van der Waals surface area contributed by atoms with Crippen molar-refractivity contribution in [3.05, 3.63) is 58.7 Å². The van der Waals surface area contributed by atoms with Crippen LogP contribution in [0.5, 0.6) is 0 Å². The fraction of sp³-hybridized carbons (Fsp3) is 0.375. The van der Waals surface area contributed by atoms with Crippen LogP contribution in [0.15, 0.2) is 30.3 Å². The van der Waals surface area contributed by atoms with Crippen LogP contribution in [0.1, 0.15) is 41.2 Å². The molecule has 3 rings (SSSR count). The Hall–Kier alpha value is -1.74. The molecule has 0 radical (unpaired) electrons. The molecule has 3 nitrogen and oxygen atoms in total. The monoisotopic (exact) mass is 253 g/mol. The van der Waals surface area contributed by atoms with Gasteiger partial charge in [0.05, 0.1) is 5.41 Å². The molecular weight excluding hydrogens is 234 g/mol. The van der Waals surface area contributed by atoms with Gasteiger partial charge in [-0.25, -0.2) is 9.97 Å². The van der Waals surface area contributed by atoms with Crippen LogP contribution in [0.2, 0.25) is 0 Å². The first-order valence-corrected chi connectivity index (χ1v) is 6.77. The molecule has 1 aliphatic rings. The summed E-state index contributed by atoms with van der Waals surface area (Å²) in [5, 5.41) is 0. The highest BCUT2D eigenvalue weighted by molar-refractivity contribution is 5.40. The normalized spacial score (nSPS) is 16.4. The van der Waals surface area contributed by atoms with E-state index in [1.54, 1.807) is 0 Å². The van der Waals surface area contributed by atoms with E-state index in [4.69, 9.17) is 15.7 Å². The summed E-state index contributed by atoms with van der Waals surface area (Å²) in [5.41, 5.74) is 10.2. The number of rotatable bonds is 3. The summed E-state index contributed by atoms with van der Waals surface area (Å²) in [6, 6.07) is 10.6. The Balaban J connectivity index is 2.08. The topological polar surface area (TPSA) is 51.8 Å². The molecule has 1 heterocycles. The molecule has 98 valence electrons. The molecule has 0 amide bonds. The van der Waals surface area contributed by atoms with E-state index in [-0.39, 0.29) is 5.41 Å². The van der Waals surface area contributed by atoms with E-state index in [1.165, 1.54) is 5.56 Å². The highest BCUT2D eigenvalue weighted by Gasteiger charge is 2.48. The Labute approximate surface area is 113 Å². The molecule has 0 spiro atoms. The zero-order valence-electron chi connectivity index (χ0n) is 11.5. The van der Waals surface area contributed by atoms with Crippen molar-refractivity contribution < 1.29 is 0 Å². The number of hydrogen-bond acceptors (Lipinski definition) is 3. The number of hydrogen-bond donors (Lipinski definition) is 1. The van der Waals surface area contributed by atoms with Gasteiger partial charge in [-0.05, 0) is 32.3 Å². The van der Waals surface area contributed by atoms with Crippen molar-refractivity contribution in [2.24, 2.45) is 5.73 Å². The largest absolute Gasteiger partial charge is 0.326 e. The average Bonchev–Trinajstić information content (AvgIpc) is 3.21. The molecular formula is C16H19N3. The minimum absolute atomic E-state index is 0.0455. The van der Waals surface area contributed by atoms with Gasteiger partial charge >= 0.3 is 0 Å². The second-order valence-corrected chi connectivity index (χ2v) is 5.35. The second kappa shape index (κ2) is 4.42. The molecule has 1 aliphatic carbocycles. The van der Waals surface area contributed by atoms with Crippen molar-refractivity contribution >= 4 is 0 Å². The van der Waals surface area contributed by atoms with E-state index >= 15 is 0 Å². The van der Waals surface area contributed by atoms with Gasteiger partial charge in [0.15, 0.2) is 0 Å². The molecule has 0 atom stereocenters. The van der Waals surface area contributed by atoms with Crippen molar-refractivity contribution in [1.82, 2.24) is 9.97 Å². The summed E-state index contributed by atoms with van der Waals surface area (Å²) < 4.78 is 0. The molecule has 3 heteroatoms. The predicted molar refractivity (Wildman–Crippen MR) is 75.9 cm³/mol. The minimum atomic E-state index is 0.0455. The summed E-state index contributed by atoms with van der Waals surface area (Å²) in [6.07, 6.45) is 2.27. The number of nitrogens with zero attached hydrogens (tertiary/aromatic N) is 2. The van der Waals surface area contributed by atoms with Gasteiger partial charge in [-0.3, -0.25) is 0 Å². The van der Waals surface area contributed by atoms with Crippen LogP contribution in [0.4, 0.5) is 0 Å². The maximum absolute atomic E-state index is 5.76. The summed E-state index contributed by atoms with van der Waals surface area (Å²) in [6.45, 7) is 4.57. The zero-order valence-corrected chi connectivity index (χ0v) is 11.5.